The number of aliphatic imine (C=N–C) groups is 1. The van der Waals surface area contributed by atoms with Crippen molar-refractivity contribution >= 4 is 33.6 Å². The second-order valence-corrected chi connectivity index (χ2v) is 3.73. The van der Waals surface area contributed by atoms with E-state index in [4.69, 9.17) is 5.11 Å². The standard InChI is InChI=1S/C12H10BrNO2/c1-2-12(16)11(13)7-8-14-9-3-5-10(15)6-4-9/h2-8,15H,1H2/b11-7-,14-8?. The van der Waals surface area contributed by atoms with Gasteiger partial charge in [0.25, 0.3) is 0 Å². The van der Waals surface area contributed by atoms with Crippen molar-refractivity contribution < 1.29 is 9.90 Å². The van der Waals surface area contributed by atoms with Crippen molar-refractivity contribution in [3.63, 3.8) is 0 Å². The van der Waals surface area contributed by atoms with Gasteiger partial charge in [-0.25, -0.2) is 0 Å². The number of ketones is 1. The van der Waals surface area contributed by atoms with Crippen molar-refractivity contribution in [2.45, 2.75) is 0 Å². The lowest BCUT2D eigenvalue weighted by atomic mass is 10.3. The third kappa shape index (κ3) is 3.82. The smallest absolute Gasteiger partial charge is 0.192 e. The number of rotatable bonds is 4. The zero-order valence-electron chi connectivity index (χ0n) is 8.43. The van der Waals surface area contributed by atoms with Crippen LogP contribution in [0.25, 0.3) is 0 Å². The van der Waals surface area contributed by atoms with E-state index < -0.39 is 0 Å². The van der Waals surface area contributed by atoms with Crippen LogP contribution in [-0.4, -0.2) is 17.1 Å². The summed E-state index contributed by atoms with van der Waals surface area (Å²) in [6.07, 6.45) is 4.25. The number of carbonyl (C=O) groups is 1. The zero-order chi connectivity index (χ0) is 12.0. The van der Waals surface area contributed by atoms with Crippen molar-refractivity contribution in [1.82, 2.24) is 0 Å². The summed E-state index contributed by atoms with van der Waals surface area (Å²) in [5, 5.41) is 9.05. The Hall–Kier alpha value is -1.68. The molecule has 16 heavy (non-hydrogen) atoms. The van der Waals surface area contributed by atoms with Gasteiger partial charge in [-0.15, -0.1) is 0 Å². The van der Waals surface area contributed by atoms with Gasteiger partial charge in [-0.05, 0) is 52.3 Å². The van der Waals surface area contributed by atoms with Gasteiger partial charge < -0.3 is 5.11 Å². The molecule has 3 nitrogen and oxygen atoms in total. The lowest BCUT2D eigenvalue weighted by Gasteiger charge is -1.92. The molecule has 0 fully saturated rings. The van der Waals surface area contributed by atoms with Crippen molar-refractivity contribution in [1.29, 1.82) is 0 Å². The van der Waals surface area contributed by atoms with Crippen LogP contribution in [-0.2, 0) is 4.79 Å². The highest BCUT2D eigenvalue weighted by molar-refractivity contribution is 9.12. The minimum Gasteiger partial charge on any atom is -0.508 e. The molecule has 1 aromatic carbocycles. The summed E-state index contributed by atoms with van der Waals surface area (Å²) >= 11 is 3.10. The van der Waals surface area contributed by atoms with Crippen molar-refractivity contribution in [2.75, 3.05) is 0 Å². The largest absolute Gasteiger partial charge is 0.508 e. The molecule has 0 saturated heterocycles. The lowest BCUT2D eigenvalue weighted by Crippen LogP contribution is -1.89. The summed E-state index contributed by atoms with van der Waals surface area (Å²) < 4.78 is 0.394. The molecule has 1 rings (SSSR count). The number of benzene rings is 1. The van der Waals surface area contributed by atoms with Crippen LogP contribution in [0.2, 0.25) is 0 Å². The van der Waals surface area contributed by atoms with Crippen molar-refractivity contribution in [2.24, 2.45) is 4.99 Å². The number of halogens is 1. The van der Waals surface area contributed by atoms with Gasteiger partial charge in [0.15, 0.2) is 5.78 Å². The first-order valence-electron chi connectivity index (χ1n) is 4.49. The number of phenols is 1. The number of hydrogen-bond donors (Lipinski definition) is 1. The molecule has 0 unspecified atom stereocenters. The summed E-state index contributed by atoms with van der Waals surface area (Å²) in [6, 6.07) is 6.42. The minimum absolute atomic E-state index is 0.192. The molecule has 1 aromatic rings. The number of allylic oxidation sites excluding steroid dienone is 3. The van der Waals surface area contributed by atoms with E-state index in [-0.39, 0.29) is 11.5 Å². The van der Waals surface area contributed by atoms with Gasteiger partial charge in [0.2, 0.25) is 0 Å². The third-order valence-electron chi connectivity index (χ3n) is 1.71. The van der Waals surface area contributed by atoms with Crippen molar-refractivity contribution in [3.8, 4) is 5.75 Å². The predicted molar refractivity (Wildman–Crippen MR) is 68.5 cm³/mol. The maximum atomic E-state index is 11.1. The highest BCUT2D eigenvalue weighted by Gasteiger charge is 1.97. The molecule has 0 amide bonds. The first kappa shape index (κ1) is 12.4. The number of hydrogen-bond acceptors (Lipinski definition) is 3. The van der Waals surface area contributed by atoms with E-state index >= 15 is 0 Å². The molecule has 0 aliphatic rings. The van der Waals surface area contributed by atoms with Crippen LogP contribution in [0.3, 0.4) is 0 Å². The maximum absolute atomic E-state index is 11.1. The van der Waals surface area contributed by atoms with E-state index in [2.05, 4.69) is 27.5 Å². The van der Waals surface area contributed by atoms with Crippen LogP contribution in [0.5, 0.6) is 5.75 Å². The van der Waals surface area contributed by atoms with Gasteiger partial charge in [-0.2, -0.15) is 0 Å². The third-order valence-corrected chi connectivity index (χ3v) is 2.37. The van der Waals surface area contributed by atoms with E-state index in [9.17, 15) is 4.79 Å². The fourth-order valence-corrected chi connectivity index (χ4v) is 1.19. The Morgan fingerprint density at radius 3 is 2.56 bits per heavy atom. The van der Waals surface area contributed by atoms with Gasteiger partial charge in [0.1, 0.15) is 5.75 Å². The van der Waals surface area contributed by atoms with Crippen LogP contribution in [0.15, 0.2) is 52.5 Å². The Bertz CT molecular complexity index is 447. The number of carbonyl (C=O) groups excluding carboxylic acids is 1. The summed E-state index contributed by atoms with van der Waals surface area (Å²) in [6.45, 7) is 3.36. The number of phenolic OH excluding ortho intramolecular Hbond substituents is 1. The maximum Gasteiger partial charge on any atom is 0.192 e. The van der Waals surface area contributed by atoms with Gasteiger partial charge in [0, 0.05) is 6.21 Å². The van der Waals surface area contributed by atoms with Crippen molar-refractivity contribution in [3.05, 3.63) is 47.5 Å². The molecule has 0 radical (unpaired) electrons. The molecule has 1 N–H and O–H groups in total. The van der Waals surface area contributed by atoms with E-state index in [1.807, 2.05) is 0 Å². The summed E-state index contributed by atoms with van der Waals surface area (Å²) in [4.78, 5) is 15.1. The molecule has 82 valence electrons. The monoisotopic (exact) mass is 279 g/mol. The Balaban J connectivity index is 2.71. The van der Waals surface area contributed by atoms with Crippen LogP contribution in [0.1, 0.15) is 0 Å². The van der Waals surface area contributed by atoms with Crippen LogP contribution < -0.4 is 0 Å². The molecule has 4 heteroatoms. The molecule has 0 saturated carbocycles. The Morgan fingerprint density at radius 1 is 1.38 bits per heavy atom. The molecular formula is C12H10BrNO2. The average molecular weight is 280 g/mol. The Morgan fingerprint density at radius 2 is 2.00 bits per heavy atom. The second kappa shape index (κ2) is 6.02. The molecule has 0 aliphatic heterocycles. The SMILES string of the molecule is C=CC(=O)/C(Br)=C/C=Nc1ccc(O)cc1. The summed E-state index contributed by atoms with van der Waals surface area (Å²) in [5.41, 5.74) is 0.695. The van der Waals surface area contributed by atoms with Gasteiger partial charge >= 0.3 is 0 Å². The predicted octanol–water partition coefficient (Wildman–Crippen LogP) is 3.13. The Kier molecular flexibility index (Phi) is 4.66. The first-order valence-corrected chi connectivity index (χ1v) is 5.28. The highest BCUT2D eigenvalue weighted by atomic mass is 79.9. The molecule has 0 bridgehead atoms. The topological polar surface area (TPSA) is 49.7 Å². The van der Waals surface area contributed by atoms with E-state index in [0.717, 1.165) is 0 Å². The Labute approximate surface area is 102 Å². The van der Waals surface area contributed by atoms with E-state index in [0.29, 0.717) is 10.2 Å². The second-order valence-electron chi connectivity index (χ2n) is 2.88. The van der Waals surface area contributed by atoms with Crippen LogP contribution in [0.4, 0.5) is 5.69 Å². The molecule has 0 heterocycles. The quantitative estimate of drug-likeness (QED) is 0.680. The fraction of sp³-hybridized carbons (Fsp3) is 0. The molecule has 0 aliphatic carbocycles. The number of aromatic hydroxyl groups is 1. The van der Waals surface area contributed by atoms with E-state index in [1.165, 1.54) is 18.4 Å². The van der Waals surface area contributed by atoms with Gasteiger partial charge in [-0.3, -0.25) is 9.79 Å². The fourth-order valence-electron chi connectivity index (χ4n) is 0.907. The first-order chi connectivity index (χ1) is 7.63. The summed E-state index contributed by atoms with van der Waals surface area (Å²) in [5.74, 6) is -0.00494. The number of nitrogens with zero attached hydrogens (tertiary/aromatic N) is 1. The van der Waals surface area contributed by atoms with Gasteiger partial charge in [-0.1, -0.05) is 6.58 Å². The minimum atomic E-state index is -0.197. The molecular weight excluding hydrogens is 270 g/mol. The molecule has 0 aromatic heterocycles. The highest BCUT2D eigenvalue weighted by Crippen LogP contribution is 2.16. The van der Waals surface area contributed by atoms with E-state index in [1.54, 1.807) is 24.3 Å². The van der Waals surface area contributed by atoms with Crippen LogP contribution >= 0.6 is 15.9 Å². The zero-order valence-corrected chi connectivity index (χ0v) is 10.0. The lowest BCUT2D eigenvalue weighted by molar-refractivity contribution is -0.110. The summed E-state index contributed by atoms with van der Waals surface area (Å²) in [7, 11) is 0. The normalized spacial score (nSPS) is 11.7. The average Bonchev–Trinajstić information content (AvgIpc) is 2.30. The van der Waals surface area contributed by atoms with Gasteiger partial charge in [0.05, 0.1) is 10.2 Å². The van der Waals surface area contributed by atoms with Crippen LogP contribution in [0, 0.1) is 0 Å². The molecule has 0 atom stereocenters. The molecule has 0 spiro atoms.